The van der Waals surface area contributed by atoms with Crippen molar-refractivity contribution in [3.63, 3.8) is 0 Å². The van der Waals surface area contributed by atoms with Crippen LogP contribution in [0.1, 0.15) is 17.9 Å². The second kappa shape index (κ2) is 4.92. The molecule has 3 rings (SSSR count). The number of halogens is 1. The Balaban J connectivity index is 1.78. The third-order valence-electron chi connectivity index (χ3n) is 3.53. The molecule has 102 valence electrons. The maximum absolute atomic E-state index is 13.5. The Morgan fingerprint density at radius 1 is 1.15 bits per heavy atom. The first-order valence-corrected chi connectivity index (χ1v) is 6.41. The molecule has 2 aromatic rings. The molecule has 0 heterocycles. The fourth-order valence-electron chi connectivity index (χ4n) is 2.44. The largest absolute Gasteiger partial charge is 0.376 e. The van der Waals surface area contributed by atoms with Gasteiger partial charge in [-0.15, -0.1) is 0 Å². The Morgan fingerprint density at radius 2 is 1.90 bits per heavy atom. The van der Waals surface area contributed by atoms with Crippen molar-refractivity contribution < 1.29 is 9.31 Å². The summed E-state index contributed by atoms with van der Waals surface area (Å²) >= 11 is 0. The highest BCUT2D eigenvalue weighted by atomic mass is 19.1. The molecule has 0 aliphatic heterocycles. The topological polar surface area (TPSA) is 55.2 Å². The van der Waals surface area contributed by atoms with Gasteiger partial charge in [0.05, 0.1) is 4.92 Å². The van der Waals surface area contributed by atoms with Crippen LogP contribution in [-0.2, 0) is 0 Å². The lowest BCUT2D eigenvalue weighted by Crippen LogP contribution is -2.07. The van der Waals surface area contributed by atoms with Gasteiger partial charge in [0, 0.05) is 12.0 Å². The van der Waals surface area contributed by atoms with Gasteiger partial charge in [-0.1, -0.05) is 36.4 Å². The normalized spacial score (nSPS) is 20.4. The van der Waals surface area contributed by atoms with Crippen LogP contribution in [0.4, 0.5) is 15.8 Å². The first-order valence-electron chi connectivity index (χ1n) is 6.41. The fraction of sp³-hybridized carbons (Fsp3) is 0.200. The first kappa shape index (κ1) is 12.6. The summed E-state index contributed by atoms with van der Waals surface area (Å²) in [4.78, 5) is 10.2. The minimum atomic E-state index is -0.808. The lowest BCUT2D eigenvalue weighted by molar-refractivity contribution is -0.386. The number of para-hydroxylation sites is 1. The van der Waals surface area contributed by atoms with Crippen molar-refractivity contribution in [2.45, 2.75) is 18.4 Å². The fourth-order valence-corrected chi connectivity index (χ4v) is 2.44. The number of benzene rings is 2. The number of nitro groups is 1. The lowest BCUT2D eigenvalue weighted by Gasteiger charge is -2.07. The van der Waals surface area contributed by atoms with E-state index in [4.69, 9.17) is 0 Å². The average molecular weight is 272 g/mol. The van der Waals surface area contributed by atoms with E-state index in [-0.39, 0.29) is 11.7 Å². The highest BCUT2D eigenvalue weighted by molar-refractivity contribution is 5.63. The Bertz CT molecular complexity index is 646. The predicted molar refractivity (Wildman–Crippen MR) is 74.3 cm³/mol. The van der Waals surface area contributed by atoms with Crippen molar-refractivity contribution in [2.24, 2.45) is 0 Å². The Kier molecular flexibility index (Phi) is 3.10. The van der Waals surface area contributed by atoms with Crippen LogP contribution in [0.3, 0.4) is 0 Å². The van der Waals surface area contributed by atoms with E-state index >= 15 is 0 Å². The summed E-state index contributed by atoms with van der Waals surface area (Å²) in [6.07, 6.45) is 0.900. The maximum Gasteiger partial charge on any atom is 0.327 e. The molecule has 4 nitrogen and oxygen atoms in total. The van der Waals surface area contributed by atoms with E-state index in [0.29, 0.717) is 5.92 Å². The minimum absolute atomic E-state index is 0.123. The molecule has 0 amide bonds. The molecule has 5 heteroatoms. The van der Waals surface area contributed by atoms with E-state index in [0.717, 1.165) is 12.5 Å². The number of anilines is 1. The van der Waals surface area contributed by atoms with Crippen LogP contribution < -0.4 is 5.32 Å². The van der Waals surface area contributed by atoms with Crippen molar-refractivity contribution in [3.05, 3.63) is 70.0 Å². The summed E-state index contributed by atoms with van der Waals surface area (Å²) in [5, 5.41) is 14.0. The molecule has 2 unspecified atom stereocenters. The second-order valence-electron chi connectivity index (χ2n) is 4.90. The van der Waals surface area contributed by atoms with Gasteiger partial charge in [0.2, 0.25) is 5.82 Å². The molecule has 0 spiro atoms. The van der Waals surface area contributed by atoms with Crippen molar-refractivity contribution >= 4 is 11.4 Å². The molecule has 0 aromatic heterocycles. The summed E-state index contributed by atoms with van der Waals surface area (Å²) in [6, 6.07) is 14.2. The smallest absolute Gasteiger partial charge is 0.327 e. The molecular weight excluding hydrogens is 259 g/mol. The minimum Gasteiger partial charge on any atom is -0.376 e. The van der Waals surface area contributed by atoms with E-state index in [9.17, 15) is 14.5 Å². The van der Waals surface area contributed by atoms with Gasteiger partial charge >= 0.3 is 5.69 Å². The maximum atomic E-state index is 13.5. The summed E-state index contributed by atoms with van der Waals surface area (Å²) < 4.78 is 13.5. The number of nitro benzene ring substituents is 1. The highest BCUT2D eigenvalue weighted by Gasteiger charge is 2.39. The van der Waals surface area contributed by atoms with Crippen LogP contribution >= 0.6 is 0 Å². The molecule has 1 saturated carbocycles. The zero-order chi connectivity index (χ0) is 14.1. The number of nitrogens with one attached hydrogen (secondary N) is 1. The molecule has 2 aromatic carbocycles. The molecule has 0 radical (unpaired) electrons. The molecule has 1 fully saturated rings. The highest BCUT2D eigenvalue weighted by Crippen LogP contribution is 2.44. The first-order chi connectivity index (χ1) is 9.66. The van der Waals surface area contributed by atoms with E-state index in [2.05, 4.69) is 5.32 Å². The van der Waals surface area contributed by atoms with Crippen LogP contribution in [0.2, 0.25) is 0 Å². The summed E-state index contributed by atoms with van der Waals surface area (Å²) in [7, 11) is 0. The third-order valence-corrected chi connectivity index (χ3v) is 3.53. The molecule has 1 aliphatic carbocycles. The van der Waals surface area contributed by atoms with E-state index in [1.54, 1.807) is 6.07 Å². The Labute approximate surface area is 115 Å². The van der Waals surface area contributed by atoms with E-state index in [1.807, 2.05) is 30.3 Å². The van der Waals surface area contributed by atoms with Crippen molar-refractivity contribution in [3.8, 4) is 0 Å². The molecule has 0 saturated heterocycles. The van der Waals surface area contributed by atoms with Crippen LogP contribution in [0.5, 0.6) is 0 Å². The van der Waals surface area contributed by atoms with Gasteiger partial charge in [0.1, 0.15) is 5.69 Å². The van der Waals surface area contributed by atoms with Gasteiger partial charge in [-0.05, 0) is 24.1 Å². The number of rotatable bonds is 4. The van der Waals surface area contributed by atoms with Gasteiger partial charge < -0.3 is 5.32 Å². The average Bonchev–Trinajstić information content (AvgIpc) is 3.18. The van der Waals surface area contributed by atoms with Gasteiger partial charge in [-0.25, -0.2) is 0 Å². The molecule has 20 heavy (non-hydrogen) atoms. The van der Waals surface area contributed by atoms with Crippen molar-refractivity contribution in [1.29, 1.82) is 0 Å². The van der Waals surface area contributed by atoms with Gasteiger partial charge in [-0.3, -0.25) is 10.1 Å². The SMILES string of the molecule is O=[N+]([O-])c1c(F)cccc1NC1CC1c1ccccc1. The number of hydrogen-bond donors (Lipinski definition) is 1. The van der Waals surface area contributed by atoms with Gasteiger partial charge in [0.25, 0.3) is 0 Å². The zero-order valence-electron chi connectivity index (χ0n) is 10.6. The van der Waals surface area contributed by atoms with Crippen LogP contribution in [0, 0.1) is 15.9 Å². The van der Waals surface area contributed by atoms with E-state index < -0.39 is 16.4 Å². The summed E-state index contributed by atoms with van der Waals surface area (Å²) in [5.74, 6) is -0.476. The van der Waals surface area contributed by atoms with Gasteiger partial charge in [0.15, 0.2) is 0 Å². The molecule has 2 atom stereocenters. The van der Waals surface area contributed by atoms with E-state index in [1.165, 1.54) is 11.6 Å². The number of hydrogen-bond acceptors (Lipinski definition) is 3. The number of nitrogens with zero attached hydrogens (tertiary/aromatic N) is 1. The van der Waals surface area contributed by atoms with Gasteiger partial charge in [-0.2, -0.15) is 4.39 Å². The monoisotopic (exact) mass is 272 g/mol. The zero-order valence-corrected chi connectivity index (χ0v) is 10.6. The molecule has 1 N–H and O–H groups in total. The Morgan fingerprint density at radius 3 is 2.60 bits per heavy atom. The lowest BCUT2D eigenvalue weighted by atomic mass is 10.1. The van der Waals surface area contributed by atoms with Crippen LogP contribution in [0.15, 0.2) is 48.5 Å². The second-order valence-corrected chi connectivity index (χ2v) is 4.90. The predicted octanol–water partition coefficient (Wildman–Crippen LogP) is 3.70. The Hall–Kier alpha value is -2.43. The quantitative estimate of drug-likeness (QED) is 0.682. The van der Waals surface area contributed by atoms with Crippen LogP contribution in [-0.4, -0.2) is 11.0 Å². The van der Waals surface area contributed by atoms with Crippen LogP contribution in [0.25, 0.3) is 0 Å². The summed E-state index contributed by atoms with van der Waals surface area (Å²) in [5.41, 5.74) is 0.966. The molecule has 1 aliphatic rings. The third kappa shape index (κ3) is 2.34. The molecular formula is C15H13FN2O2. The van der Waals surface area contributed by atoms with Crippen molar-refractivity contribution in [2.75, 3.05) is 5.32 Å². The molecule has 0 bridgehead atoms. The standard InChI is InChI=1S/C15H13FN2O2/c16-12-7-4-8-13(15(12)18(19)20)17-14-9-11(14)10-5-2-1-3-6-10/h1-8,11,14,17H,9H2. The van der Waals surface area contributed by atoms with Crippen molar-refractivity contribution in [1.82, 2.24) is 0 Å². The summed E-state index contributed by atoms with van der Waals surface area (Å²) in [6.45, 7) is 0.